The summed E-state index contributed by atoms with van der Waals surface area (Å²) in [7, 11) is -3.02. The third kappa shape index (κ3) is 1.63. The normalized spacial score (nSPS) is 22.7. The van der Waals surface area contributed by atoms with Gasteiger partial charge in [0.05, 0.1) is 10.7 Å². The van der Waals surface area contributed by atoms with Crippen molar-refractivity contribution < 1.29 is 13.2 Å². The van der Waals surface area contributed by atoms with Gasteiger partial charge in [0.1, 0.15) is 12.4 Å². The quantitative estimate of drug-likeness (QED) is 0.626. The van der Waals surface area contributed by atoms with Crippen LogP contribution in [0.3, 0.4) is 0 Å². The lowest BCUT2D eigenvalue weighted by Gasteiger charge is -2.21. The zero-order valence-corrected chi connectivity index (χ0v) is 8.44. The van der Waals surface area contributed by atoms with Crippen molar-refractivity contribution in [1.82, 2.24) is 0 Å². The van der Waals surface area contributed by atoms with E-state index in [1.807, 2.05) is 13.8 Å². The summed E-state index contributed by atoms with van der Waals surface area (Å²) in [6.45, 7) is 5.74. The Balaban J connectivity index is 3.19. The van der Waals surface area contributed by atoms with Crippen LogP contribution in [0.5, 0.6) is 0 Å². The van der Waals surface area contributed by atoms with Gasteiger partial charge in [-0.2, -0.15) is 0 Å². The molecule has 12 heavy (non-hydrogen) atoms. The number of sulfone groups is 1. The van der Waals surface area contributed by atoms with Crippen molar-refractivity contribution in [2.24, 2.45) is 5.92 Å². The van der Waals surface area contributed by atoms with Crippen LogP contribution >= 0.6 is 0 Å². The fraction of sp³-hybridized carbons (Fsp3) is 0.750. The maximum atomic E-state index is 11.5. The van der Waals surface area contributed by atoms with Crippen molar-refractivity contribution in [1.29, 1.82) is 0 Å². The first kappa shape index (κ1) is 9.58. The second-order valence-corrected chi connectivity index (χ2v) is 5.32. The fourth-order valence-electron chi connectivity index (χ4n) is 1.47. The molecular formula is C8H14O3S. The molecule has 0 amide bonds. The molecule has 1 heterocycles. The minimum Gasteiger partial charge on any atom is -0.496 e. The molecule has 0 fully saturated rings. The standard InChI is InChI=1S/C8H14O3S/c1-6(2)8-7(3)11-4-5-12(8,9)10/h6H,4-5H2,1-3H3. The zero-order valence-electron chi connectivity index (χ0n) is 7.62. The highest BCUT2D eigenvalue weighted by Gasteiger charge is 2.27. The number of rotatable bonds is 1. The molecule has 1 aliphatic rings. The largest absolute Gasteiger partial charge is 0.496 e. The van der Waals surface area contributed by atoms with E-state index in [2.05, 4.69) is 0 Å². The summed E-state index contributed by atoms with van der Waals surface area (Å²) in [6.07, 6.45) is 0. The monoisotopic (exact) mass is 190 g/mol. The Hall–Kier alpha value is -0.510. The number of allylic oxidation sites excluding steroid dienone is 2. The molecule has 0 spiro atoms. The smallest absolute Gasteiger partial charge is 0.181 e. The number of hydrogen-bond donors (Lipinski definition) is 0. The highest BCUT2D eigenvalue weighted by molar-refractivity contribution is 7.95. The fourth-order valence-corrected chi connectivity index (χ4v) is 3.21. The topological polar surface area (TPSA) is 43.4 Å². The van der Waals surface area contributed by atoms with Crippen LogP contribution in [0.4, 0.5) is 0 Å². The molecule has 0 N–H and O–H groups in total. The Labute approximate surface area is 73.3 Å². The van der Waals surface area contributed by atoms with E-state index in [1.165, 1.54) is 0 Å². The lowest BCUT2D eigenvalue weighted by atomic mass is 10.2. The molecule has 0 saturated carbocycles. The Bertz CT molecular complexity index is 298. The maximum absolute atomic E-state index is 11.5. The highest BCUT2D eigenvalue weighted by atomic mass is 32.2. The molecule has 0 aromatic rings. The number of hydrogen-bond acceptors (Lipinski definition) is 3. The summed E-state index contributed by atoms with van der Waals surface area (Å²) in [5, 5.41) is 0. The van der Waals surface area contributed by atoms with E-state index in [9.17, 15) is 8.42 Å². The predicted octanol–water partition coefficient (Wildman–Crippen LogP) is 1.32. The van der Waals surface area contributed by atoms with E-state index in [4.69, 9.17) is 4.74 Å². The molecule has 3 nitrogen and oxygen atoms in total. The van der Waals surface area contributed by atoms with Crippen LogP contribution in [0.1, 0.15) is 20.8 Å². The molecule has 0 aromatic heterocycles. The number of ether oxygens (including phenoxy) is 1. The Morgan fingerprint density at radius 3 is 2.33 bits per heavy atom. The van der Waals surface area contributed by atoms with Gasteiger partial charge in [0, 0.05) is 0 Å². The van der Waals surface area contributed by atoms with Crippen LogP contribution in [0.15, 0.2) is 10.7 Å². The van der Waals surface area contributed by atoms with Crippen LogP contribution in [-0.2, 0) is 14.6 Å². The van der Waals surface area contributed by atoms with Gasteiger partial charge in [-0.25, -0.2) is 8.42 Å². The van der Waals surface area contributed by atoms with Crippen LogP contribution < -0.4 is 0 Å². The van der Waals surface area contributed by atoms with Gasteiger partial charge in [0.15, 0.2) is 9.84 Å². The molecule has 0 saturated heterocycles. The first-order valence-corrected chi connectivity index (χ1v) is 5.66. The van der Waals surface area contributed by atoms with Crippen LogP contribution in [0.2, 0.25) is 0 Å². The highest BCUT2D eigenvalue weighted by Crippen LogP contribution is 2.26. The van der Waals surface area contributed by atoms with Crippen molar-refractivity contribution in [2.45, 2.75) is 20.8 Å². The van der Waals surface area contributed by atoms with Crippen molar-refractivity contribution in [2.75, 3.05) is 12.4 Å². The summed E-state index contributed by atoms with van der Waals surface area (Å²) in [6, 6.07) is 0. The molecule has 0 bridgehead atoms. The van der Waals surface area contributed by atoms with Crippen molar-refractivity contribution in [3.8, 4) is 0 Å². The first-order chi connectivity index (χ1) is 5.45. The zero-order chi connectivity index (χ0) is 9.35. The van der Waals surface area contributed by atoms with Gasteiger partial charge < -0.3 is 4.74 Å². The lowest BCUT2D eigenvalue weighted by molar-refractivity contribution is 0.222. The van der Waals surface area contributed by atoms with E-state index < -0.39 is 9.84 Å². The van der Waals surface area contributed by atoms with E-state index in [-0.39, 0.29) is 11.7 Å². The molecule has 1 aliphatic heterocycles. The van der Waals surface area contributed by atoms with E-state index in [1.54, 1.807) is 6.92 Å². The molecule has 70 valence electrons. The molecule has 0 atom stereocenters. The third-order valence-corrected chi connectivity index (χ3v) is 4.01. The SMILES string of the molecule is CC1=C(C(C)C)S(=O)(=O)CCO1. The molecule has 1 rings (SSSR count). The van der Waals surface area contributed by atoms with Gasteiger partial charge in [-0.15, -0.1) is 0 Å². The average Bonchev–Trinajstić information content (AvgIpc) is 1.82. The van der Waals surface area contributed by atoms with Crippen LogP contribution in [0.25, 0.3) is 0 Å². The van der Waals surface area contributed by atoms with Gasteiger partial charge >= 0.3 is 0 Å². The summed E-state index contributed by atoms with van der Waals surface area (Å²) in [5.41, 5.74) is 0. The molecule has 0 aromatic carbocycles. The second kappa shape index (κ2) is 3.09. The third-order valence-electron chi connectivity index (χ3n) is 1.88. The summed E-state index contributed by atoms with van der Waals surface area (Å²) in [4.78, 5) is 0.466. The van der Waals surface area contributed by atoms with Gasteiger partial charge in [-0.05, 0) is 12.8 Å². The summed E-state index contributed by atoms with van der Waals surface area (Å²) >= 11 is 0. The second-order valence-electron chi connectivity index (χ2n) is 3.24. The lowest BCUT2D eigenvalue weighted by Crippen LogP contribution is -2.23. The molecular weight excluding hydrogens is 176 g/mol. The minimum atomic E-state index is -3.02. The molecule has 4 heteroatoms. The molecule has 0 unspecified atom stereocenters. The van der Waals surface area contributed by atoms with Crippen LogP contribution in [0, 0.1) is 5.92 Å². The first-order valence-electron chi connectivity index (χ1n) is 4.01. The van der Waals surface area contributed by atoms with E-state index >= 15 is 0 Å². The predicted molar refractivity (Wildman–Crippen MR) is 47.3 cm³/mol. The van der Waals surface area contributed by atoms with E-state index in [0.717, 1.165) is 0 Å². The van der Waals surface area contributed by atoms with Gasteiger partial charge in [0.2, 0.25) is 0 Å². The van der Waals surface area contributed by atoms with E-state index in [0.29, 0.717) is 17.3 Å². The average molecular weight is 190 g/mol. The van der Waals surface area contributed by atoms with Crippen LogP contribution in [-0.4, -0.2) is 20.8 Å². The Morgan fingerprint density at radius 2 is 2.00 bits per heavy atom. The van der Waals surface area contributed by atoms with Gasteiger partial charge in [-0.3, -0.25) is 0 Å². The Morgan fingerprint density at radius 1 is 1.42 bits per heavy atom. The molecule has 0 radical (unpaired) electrons. The van der Waals surface area contributed by atoms with Crippen molar-refractivity contribution in [3.05, 3.63) is 10.7 Å². The minimum absolute atomic E-state index is 0.0234. The van der Waals surface area contributed by atoms with Crippen molar-refractivity contribution >= 4 is 9.84 Å². The molecule has 0 aliphatic carbocycles. The van der Waals surface area contributed by atoms with Gasteiger partial charge in [-0.1, -0.05) is 13.8 Å². The summed E-state index contributed by atoms with van der Waals surface area (Å²) < 4.78 is 28.2. The van der Waals surface area contributed by atoms with Gasteiger partial charge in [0.25, 0.3) is 0 Å². The summed E-state index contributed by atoms with van der Waals surface area (Å²) in [5.74, 6) is 0.712. The maximum Gasteiger partial charge on any atom is 0.181 e. The van der Waals surface area contributed by atoms with Crippen molar-refractivity contribution in [3.63, 3.8) is 0 Å². The Kier molecular flexibility index (Phi) is 2.46.